The summed E-state index contributed by atoms with van der Waals surface area (Å²) in [4.78, 5) is 15.5. The van der Waals surface area contributed by atoms with Gasteiger partial charge in [-0.15, -0.1) is 0 Å². The van der Waals surface area contributed by atoms with Gasteiger partial charge in [-0.25, -0.2) is 4.98 Å². The Morgan fingerprint density at radius 3 is 2.93 bits per heavy atom. The van der Waals surface area contributed by atoms with Crippen LogP contribution in [0, 0.1) is 0 Å². The molecule has 5 nitrogen and oxygen atoms in total. The number of nitrogens with zero attached hydrogens (tertiary/aromatic N) is 2. The third-order valence-corrected chi connectivity index (χ3v) is 1.97. The van der Waals surface area contributed by atoms with Gasteiger partial charge < -0.3 is 14.6 Å². The van der Waals surface area contributed by atoms with Gasteiger partial charge in [-0.1, -0.05) is 6.92 Å². The minimum absolute atomic E-state index is 0.215. The van der Waals surface area contributed by atoms with Crippen molar-refractivity contribution in [2.45, 2.75) is 26.4 Å². The van der Waals surface area contributed by atoms with E-state index in [1.54, 1.807) is 19.4 Å². The Balaban J connectivity index is 2.53. The Bertz CT molecular complexity index is 285. The molecule has 0 aliphatic heterocycles. The quantitative estimate of drug-likeness (QED) is 0.693. The Labute approximate surface area is 89.4 Å². The van der Waals surface area contributed by atoms with Crippen LogP contribution in [0.1, 0.15) is 13.8 Å². The third-order valence-electron chi connectivity index (χ3n) is 1.97. The van der Waals surface area contributed by atoms with Crippen molar-refractivity contribution in [3.05, 3.63) is 18.7 Å². The van der Waals surface area contributed by atoms with E-state index in [-0.39, 0.29) is 12.0 Å². The first-order valence-corrected chi connectivity index (χ1v) is 5.13. The molecule has 1 aromatic heterocycles. The second-order valence-electron chi connectivity index (χ2n) is 3.12. The Kier molecular flexibility index (Phi) is 4.83. The Morgan fingerprint density at radius 2 is 2.40 bits per heavy atom. The van der Waals surface area contributed by atoms with Crippen LogP contribution in [0.25, 0.3) is 0 Å². The molecule has 1 unspecified atom stereocenters. The topological polar surface area (TPSA) is 56.2 Å². The largest absolute Gasteiger partial charge is 0.465 e. The van der Waals surface area contributed by atoms with Crippen molar-refractivity contribution in [2.24, 2.45) is 0 Å². The summed E-state index contributed by atoms with van der Waals surface area (Å²) in [7, 11) is 0. The van der Waals surface area contributed by atoms with Crippen LogP contribution in [-0.2, 0) is 16.1 Å². The zero-order chi connectivity index (χ0) is 11.1. The van der Waals surface area contributed by atoms with Crippen molar-refractivity contribution in [1.82, 2.24) is 14.9 Å². The van der Waals surface area contributed by atoms with Crippen molar-refractivity contribution < 1.29 is 9.53 Å². The number of hydrogen-bond acceptors (Lipinski definition) is 4. The smallest absolute Gasteiger partial charge is 0.324 e. The second-order valence-corrected chi connectivity index (χ2v) is 3.12. The van der Waals surface area contributed by atoms with Gasteiger partial charge in [0.25, 0.3) is 0 Å². The van der Waals surface area contributed by atoms with E-state index in [4.69, 9.17) is 4.74 Å². The highest BCUT2D eigenvalue weighted by Gasteiger charge is 2.18. The summed E-state index contributed by atoms with van der Waals surface area (Å²) in [5.41, 5.74) is 0. The lowest BCUT2D eigenvalue weighted by Gasteiger charge is -2.16. The average molecular weight is 211 g/mol. The van der Waals surface area contributed by atoms with E-state index in [1.165, 1.54) is 0 Å². The first kappa shape index (κ1) is 11.7. The average Bonchev–Trinajstić information content (AvgIpc) is 2.70. The van der Waals surface area contributed by atoms with Crippen LogP contribution in [0.15, 0.2) is 18.7 Å². The maximum atomic E-state index is 11.5. The van der Waals surface area contributed by atoms with Gasteiger partial charge in [0.2, 0.25) is 0 Å². The highest BCUT2D eigenvalue weighted by molar-refractivity contribution is 5.75. The molecule has 0 radical (unpaired) electrons. The summed E-state index contributed by atoms with van der Waals surface area (Å²) in [6, 6.07) is -0.302. The van der Waals surface area contributed by atoms with Gasteiger partial charge in [-0.3, -0.25) is 4.79 Å². The standard InChI is InChI=1S/C10H17N3O2/c1-3-12-9(10(14)15-4-2)7-13-6-5-11-8-13/h5-6,8-9,12H,3-4,7H2,1-2H3. The SMILES string of the molecule is CCNC(Cn1ccnc1)C(=O)OCC. The summed E-state index contributed by atoms with van der Waals surface area (Å²) < 4.78 is 6.82. The van der Waals surface area contributed by atoms with E-state index >= 15 is 0 Å². The number of imidazole rings is 1. The molecule has 0 bridgehead atoms. The number of carbonyl (C=O) groups is 1. The van der Waals surface area contributed by atoms with E-state index in [2.05, 4.69) is 10.3 Å². The molecule has 1 N–H and O–H groups in total. The number of hydrogen-bond donors (Lipinski definition) is 1. The van der Waals surface area contributed by atoms with E-state index in [0.717, 1.165) is 6.54 Å². The normalized spacial score (nSPS) is 12.4. The van der Waals surface area contributed by atoms with Crippen LogP contribution in [0.4, 0.5) is 0 Å². The monoisotopic (exact) mass is 211 g/mol. The van der Waals surface area contributed by atoms with Gasteiger partial charge in [-0.2, -0.15) is 0 Å². The predicted octanol–water partition coefficient (Wildman–Crippen LogP) is 0.424. The molecule has 0 aliphatic carbocycles. The summed E-state index contributed by atoms with van der Waals surface area (Å²) in [6.45, 7) is 5.45. The number of nitrogens with one attached hydrogen (secondary N) is 1. The molecule has 1 aromatic rings. The maximum absolute atomic E-state index is 11.5. The fourth-order valence-electron chi connectivity index (χ4n) is 1.32. The molecular weight excluding hydrogens is 194 g/mol. The molecule has 1 heterocycles. The highest BCUT2D eigenvalue weighted by atomic mass is 16.5. The van der Waals surface area contributed by atoms with Crippen molar-refractivity contribution >= 4 is 5.97 Å². The molecular formula is C10H17N3O2. The van der Waals surface area contributed by atoms with E-state index in [0.29, 0.717) is 13.2 Å². The fourth-order valence-corrected chi connectivity index (χ4v) is 1.32. The molecule has 15 heavy (non-hydrogen) atoms. The van der Waals surface area contributed by atoms with E-state index in [1.807, 2.05) is 17.7 Å². The molecule has 0 saturated heterocycles. The molecule has 0 spiro atoms. The van der Waals surface area contributed by atoms with Gasteiger partial charge in [-0.05, 0) is 13.5 Å². The molecule has 0 amide bonds. The van der Waals surface area contributed by atoms with Gasteiger partial charge in [0, 0.05) is 18.9 Å². The van der Waals surface area contributed by atoms with Gasteiger partial charge in [0.1, 0.15) is 6.04 Å². The predicted molar refractivity (Wildman–Crippen MR) is 56.3 cm³/mol. The molecule has 84 valence electrons. The number of carbonyl (C=O) groups excluding carboxylic acids is 1. The van der Waals surface area contributed by atoms with Crippen LogP contribution in [0.5, 0.6) is 0 Å². The number of esters is 1. The highest BCUT2D eigenvalue weighted by Crippen LogP contribution is 1.95. The maximum Gasteiger partial charge on any atom is 0.324 e. The van der Waals surface area contributed by atoms with Crippen LogP contribution in [-0.4, -0.2) is 34.7 Å². The summed E-state index contributed by atoms with van der Waals surface area (Å²) in [5, 5.41) is 3.08. The first-order valence-electron chi connectivity index (χ1n) is 5.13. The molecule has 0 aliphatic rings. The minimum Gasteiger partial charge on any atom is -0.465 e. The van der Waals surface area contributed by atoms with Gasteiger partial charge in [0.15, 0.2) is 0 Å². The van der Waals surface area contributed by atoms with Crippen LogP contribution >= 0.6 is 0 Å². The molecule has 1 rings (SSSR count). The van der Waals surface area contributed by atoms with Crippen LogP contribution in [0.3, 0.4) is 0 Å². The van der Waals surface area contributed by atoms with E-state index in [9.17, 15) is 4.79 Å². The fraction of sp³-hybridized carbons (Fsp3) is 0.600. The van der Waals surface area contributed by atoms with Crippen molar-refractivity contribution in [3.8, 4) is 0 Å². The van der Waals surface area contributed by atoms with Crippen LogP contribution in [0.2, 0.25) is 0 Å². The zero-order valence-electron chi connectivity index (χ0n) is 9.14. The van der Waals surface area contributed by atoms with Crippen LogP contribution < -0.4 is 5.32 Å². The first-order chi connectivity index (χ1) is 7.27. The van der Waals surface area contributed by atoms with E-state index < -0.39 is 0 Å². The van der Waals surface area contributed by atoms with Crippen molar-refractivity contribution in [2.75, 3.05) is 13.2 Å². The molecule has 0 aromatic carbocycles. The lowest BCUT2D eigenvalue weighted by Crippen LogP contribution is -2.41. The number of rotatable bonds is 6. The van der Waals surface area contributed by atoms with Gasteiger partial charge >= 0.3 is 5.97 Å². The Morgan fingerprint density at radius 1 is 1.60 bits per heavy atom. The molecule has 5 heteroatoms. The number of likely N-dealkylation sites (N-methyl/N-ethyl adjacent to an activating group) is 1. The van der Waals surface area contributed by atoms with Crippen molar-refractivity contribution in [1.29, 1.82) is 0 Å². The second kappa shape index (κ2) is 6.19. The molecule has 0 fully saturated rings. The lowest BCUT2D eigenvalue weighted by atomic mass is 10.3. The molecule has 1 atom stereocenters. The zero-order valence-corrected chi connectivity index (χ0v) is 9.14. The summed E-state index contributed by atoms with van der Waals surface area (Å²) in [6.07, 6.45) is 5.20. The van der Waals surface area contributed by atoms with Crippen molar-refractivity contribution in [3.63, 3.8) is 0 Å². The summed E-state index contributed by atoms with van der Waals surface area (Å²) in [5.74, 6) is -0.215. The summed E-state index contributed by atoms with van der Waals surface area (Å²) >= 11 is 0. The third kappa shape index (κ3) is 3.71. The Hall–Kier alpha value is -1.36. The van der Waals surface area contributed by atoms with Gasteiger partial charge in [0.05, 0.1) is 12.9 Å². The number of ether oxygens (including phenoxy) is 1. The minimum atomic E-state index is -0.302. The molecule has 0 saturated carbocycles. The number of aromatic nitrogens is 2. The lowest BCUT2D eigenvalue weighted by molar-refractivity contribution is -0.146.